The Bertz CT molecular complexity index is 233. The summed E-state index contributed by atoms with van der Waals surface area (Å²) in [7, 11) is 0. The fourth-order valence-corrected chi connectivity index (χ4v) is 2.67. The van der Waals surface area contributed by atoms with Gasteiger partial charge in [-0.1, -0.05) is 0 Å². The van der Waals surface area contributed by atoms with Crippen molar-refractivity contribution in [2.75, 3.05) is 26.2 Å². The fourth-order valence-electron chi connectivity index (χ4n) is 2.67. The van der Waals surface area contributed by atoms with Crippen LogP contribution in [0.2, 0.25) is 0 Å². The van der Waals surface area contributed by atoms with E-state index in [1.165, 1.54) is 32.4 Å². The van der Waals surface area contributed by atoms with Crippen molar-refractivity contribution in [1.82, 2.24) is 9.80 Å². The van der Waals surface area contributed by atoms with Gasteiger partial charge in [0.15, 0.2) is 0 Å². The van der Waals surface area contributed by atoms with E-state index >= 15 is 0 Å². The van der Waals surface area contributed by atoms with Crippen molar-refractivity contribution in [3.8, 4) is 6.07 Å². The van der Waals surface area contributed by atoms with Crippen molar-refractivity contribution in [1.29, 1.82) is 5.26 Å². The molecular weight excluding hydrogens is 174 g/mol. The molecule has 2 heterocycles. The van der Waals surface area contributed by atoms with Crippen LogP contribution in [-0.2, 0) is 0 Å². The lowest BCUT2D eigenvalue weighted by Crippen LogP contribution is -2.40. The van der Waals surface area contributed by atoms with Crippen molar-refractivity contribution >= 4 is 0 Å². The highest BCUT2D eigenvalue weighted by Gasteiger charge is 2.30. The molecule has 3 nitrogen and oxygen atoms in total. The summed E-state index contributed by atoms with van der Waals surface area (Å²) >= 11 is 0. The molecule has 2 aliphatic heterocycles. The van der Waals surface area contributed by atoms with Crippen LogP contribution in [0, 0.1) is 11.3 Å². The van der Waals surface area contributed by atoms with Gasteiger partial charge in [0, 0.05) is 19.1 Å². The predicted molar refractivity (Wildman–Crippen MR) is 55.9 cm³/mol. The summed E-state index contributed by atoms with van der Waals surface area (Å²) in [5.41, 5.74) is 0. The molecule has 78 valence electrons. The monoisotopic (exact) mass is 193 g/mol. The van der Waals surface area contributed by atoms with Crippen LogP contribution in [0.5, 0.6) is 0 Å². The zero-order valence-electron chi connectivity index (χ0n) is 8.95. The number of rotatable bonds is 1. The smallest absolute Gasteiger partial charge is 0.0949 e. The predicted octanol–water partition coefficient (Wildman–Crippen LogP) is 1.07. The maximum Gasteiger partial charge on any atom is 0.0949 e. The third kappa shape index (κ3) is 1.92. The Morgan fingerprint density at radius 3 is 2.86 bits per heavy atom. The van der Waals surface area contributed by atoms with E-state index in [0.717, 1.165) is 19.1 Å². The molecule has 0 spiro atoms. The number of nitriles is 1. The van der Waals surface area contributed by atoms with Gasteiger partial charge in [-0.25, -0.2) is 0 Å². The molecule has 2 aliphatic rings. The Kier molecular flexibility index (Phi) is 3.05. The summed E-state index contributed by atoms with van der Waals surface area (Å²) in [5, 5.41) is 8.91. The number of nitrogens with zero attached hydrogens (tertiary/aromatic N) is 3. The van der Waals surface area contributed by atoms with E-state index in [-0.39, 0.29) is 6.04 Å². The van der Waals surface area contributed by atoms with Crippen molar-refractivity contribution in [2.24, 2.45) is 0 Å². The minimum atomic E-state index is 0.0931. The Morgan fingerprint density at radius 1 is 1.29 bits per heavy atom. The van der Waals surface area contributed by atoms with Gasteiger partial charge in [-0.15, -0.1) is 0 Å². The van der Waals surface area contributed by atoms with Crippen molar-refractivity contribution in [3.05, 3.63) is 0 Å². The number of hydrogen-bond acceptors (Lipinski definition) is 3. The molecule has 0 saturated carbocycles. The highest BCUT2D eigenvalue weighted by molar-refractivity contribution is 4.93. The Hall–Kier alpha value is -0.590. The van der Waals surface area contributed by atoms with Crippen LogP contribution in [-0.4, -0.2) is 48.1 Å². The molecule has 0 amide bonds. The maximum absolute atomic E-state index is 8.91. The average molecular weight is 193 g/mol. The minimum absolute atomic E-state index is 0.0931. The molecule has 0 aromatic heterocycles. The first-order chi connectivity index (χ1) is 6.81. The van der Waals surface area contributed by atoms with Crippen LogP contribution in [0.25, 0.3) is 0 Å². The second-order valence-corrected chi connectivity index (χ2v) is 4.49. The molecule has 0 aliphatic carbocycles. The molecule has 0 N–H and O–H groups in total. The first-order valence-electron chi connectivity index (χ1n) is 5.69. The third-order valence-electron chi connectivity index (χ3n) is 3.57. The molecule has 2 rings (SSSR count). The Balaban J connectivity index is 1.98. The zero-order chi connectivity index (χ0) is 9.97. The van der Waals surface area contributed by atoms with Crippen LogP contribution in [0.4, 0.5) is 0 Å². The van der Waals surface area contributed by atoms with Crippen LogP contribution in [0.1, 0.15) is 26.2 Å². The lowest BCUT2D eigenvalue weighted by atomic mass is 10.2. The summed E-state index contributed by atoms with van der Waals surface area (Å²) in [6.45, 7) is 6.74. The van der Waals surface area contributed by atoms with Gasteiger partial charge >= 0.3 is 0 Å². The van der Waals surface area contributed by atoms with Gasteiger partial charge in [-0.3, -0.25) is 9.80 Å². The molecule has 2 saturated heterocycles. The molecule has 0 bridgehead atoms. The van der Waals surface area contributed by atoms with E-state index in [4.69, 9.17) is 5.26 Å². The maximum atomic E-state index is 8.91. The Labute approximate surface area is 86.3 Å². The van der Waals surface area contributed by atoms with Gasteiger partial charge in [-0.2, -0.15) is 5.26 Å². The lowest BCUT2D eigenvalue weighted by molar-refractivity contribution is 0.205. The van der Waals surface area contributed by atoms with Crippen LogP contribution < -0.4 is 0 Å². The van der Waals surface area contributed by atoms with Crippen molar-refractivity contribution in [2.45, 2.75) is 38.3 Å². The van der Waals surface area contributed by atoms with E-state index in [1.54, 1.807) is 0 Å². The van der Waals surface area contributed by atoms with Crippen molar-refractivity contribution < 1.29 is 0 Å². The average Bonchev–Trinajstić information content (AvgIpc) is 2.54. The number of fused-ring (bicyclic) bond motifs is 1. The summed E-state index contributed by atoms with van der Waals surface area (Å²) in [6, 6.07) is 3.17. The second-order valence-electron chi connectivity index (χ2n) is 4.49. The standard InChI is InChI=1S/C11H19N3/c1-10(8-12)14-7-3-6-13-5-2-4-11(13)9-14/h10-11H,2-7,9H2,1H3. The third-order valence-corrected chi connectivity index (χ3v) is 3.57. The topological polar surface area (TPSA) is 30.3 Å². The van der Waals surface area contributed by atoms with Crippen LogP contribution in [0.15, 0.2) is 0 Å². The van der Waals surface area contributed by atoms with E-state index in [0.29, 0.717) is 0 Å². The largest absolute Gasteiger partial charge is 0.299 e. The first kappa shape index (κ1) is 9.95. The normalized spacial score (nSPS) is 31.9. The summed E-state index contributed by atoms with van der Waals surface area (Å²) in [4.78, 5) is 4.94. The molecular formula is C11H19N3. The van der Waals surface area contributed by atoms with Crippen LogP contribution in [0.3, 0.4) is 0 Å². The minimum Gasteiger partial charge on any atom is -0.299 e. The summed E-state index contributed by atoms with van der Waals surface area (Å²) in [6.07, 6.45) is 3.90. The highest BCUT2D eigenvalue weighted by atomic mass is 15.3. The molecule has 0 aromatic carbocycles. The lowest BCUT2D eigenvalue weighted by Gasteiger charge is -2.26. The highest BCUT2D eigenvalue weighted by Crippen LogP contribution is 2.21. The molecule has 2 atom stereocenters. The quantitative estimate of drug-likeness (QED) is 0.624. The van der Waals surface area contributed by atoms with Gasteiger partial charge in [0.25, 0.3) is 0 Å². The summed E-state index contributed by atoms with van der Waals surface area (Å²) < 4.78 is 0. The van der Waals surface area contributed by atoms with Gasteiger partial charge in [0.1, 0.15) is 0 Å². The molecule has 0 aromatic rings. The van der Waals surface area contributed by atoms with E-state index < -0.39 is 0 Å². The van der Waals surface area contributed by atoms with E-state index in [2.05, 4.69) is 15.9 Å². The molecule has 2 unspecified atom stereocenters. The zero-order valence-corrected chi connectivity index (χ0v) is 8.95. The fraction of sp³-hybridized carbons (Fsp3) is 0.909. The van der Waals surface area contributed by atoms with Gasteiger partial charge in [0.2, 0.25) is 0 Å². The molecule has 2 fully saturated rings. The van der Waals surface area contributed by atoms with Gasteiger partial charge in [0.05, 0.1) is 12.1 Å². The van der Waals surface area contributed by atoms with E-state index in [1.807, 2.05) is 6.92 Å². The van der Waals surface area contributed by atoms with E-state index in [9.17, 15) is 0 Å². The van der Waals surface area contributed by atoms with Crippen LogP contribution >= 0.6 is 0 Å². The molecule has 0 radical (unpaired) electrons. The summed E-state index contributed by atoms with van der Waals surface area (Å²) in [5.74, 6) is 0. The second kappa shape index (κ2) is 4.29. The molecule has 14 heavy (non-hydrogen) atoms. The SMILES string of the molecule is CC(C#N)N1CCCN2CCCC2C1. The Morgan fingerprint density at radius 2 is 2.07 bits per heavy atom. The van der Waals surface area contributed by atoms with Gasteiger partial charge < -0.3 is 0 Å². The van der Waals surface area contributed by atoms with Gasteiger partial charge in [-0.05, 0) is 39.3 Å². The molecule has 3 heteroatoms. The number of hydrogen-bond donors (Lipinski definition) is 0. The van der Waals surface area contributed by atoms with Crippen molar-refractivity contribution in [3.63, 3.8) is 0 Å². The first-order valence-corrected chi connectivity index (χ1v) is 5.69.